The molecule has 66 heavy (non-hydrogen) atoms. The molecule has 0 spiro atoms. The lowest BCUT2D eigenvalue weighted by Gasteiger charge is -2.46. The molecule has 0 bridgehead atoms. The third-order valence-corrected chi connectivity index (χ3v) is 15.8. The maximum Gasteiger partial charge on any atom is 0.353 e. The smallest absolute Gasteiger partial charge is 0.353 e. The Morgan fingerprint density at radius 2 is 0.985 bits per heavy atom. The van der Waals surface area contributed by atoms with Crippen LogP contribution in [0.5, 0.6) is 0 Å². The molecule has 352 valence electrons. The Kier molecular flexibility index (Phi) is 14.0. The molecule has 0 unspecified atom stereocenters. The lowest BCUT2D eigenvalue weighted by Crippen LogP contribution is -2.63. The van der Waals surface area contributed by atoms with Gasteiger partial charge >= 0.3 is 23.9 Å². The van der Waals surface area contributed by atoms with E-state index in [0.29, 0.717) is 47.1 Å². The summed E-state index contributed by atoms with van der Waals surface area (Å²) in [5, 5.41) is 69.2. The van der Waals surface area contributed by atoms with Crippen LogP contribution in [0, 0.1) is 23.7 Å². The average Bonchev–Trinajstić information content (AvgIpc) is 4.02. The van der Waals surface area contributed by atoms with Crippen LogP contribution in [-0.2, 0) is 28.8 Å². The molecule has 12 atom stereocenters. The molecular weight excluding hydrogens is 901 g/mol. The van der Waals surface area contributed by atoms with E-state index in [4.69, 9.17) is 10.2 Å². The molecule has 4 amide bonds. The number of aliphatic carboxylic acids is 2. The first-order chi connectivity index (χ1) is 31.2. The van der Waals surface area contributed by atoms with E-state index in [9.17, 15) is 58.8 Å². The molecule has 0 aromatic heterocycles. The molecule has 4 saturated heterocycles. The van der Waals surface area contributed by atoms with Gasteiger partial charge in [0.15, 0.2) is 0 Å². The van der Waals surface area contributed by atoms with Gasteiger partial charge in [0.05, 0.1) is 59.3 Å². The Balaban J connectivity index is 0.000000196. The molecule has 10 N–H and O–H groups in total. The third kappa shape index (κ3) is 9.16. The Hall–Kier alpha value is -5.78. The molecule has 4 fully saturated rings. The number of carboxylic acids is 4. The van der Waals surface area contributed by atoms with Crippen LogP contribution >= 0.6 is 23.5 Å². The number of hydrogen-bond acceptors (Lipinski definition) is 14. The summed E-state index contributed by atoms with van der Waals surface area (Å²) in [6.07, 6.45) is -0.837. The maximum absolute atomic E-state index is 12.7. The maximum atomic E-state index is 12.7. The summed E-state index contributed by atoms with van der Waals surface area (Å²) in [6, 6.07) is 10.1. The molecular formula is C44H50N6O14S2. The van der Waals surface area contributed by atoms with E-state index in [1.165, 1.54) is 71.4 Å². The number of benzene rings is 2. The van der Waals surface area contributed by atoms with Crippen LogP contribution in [0.3, 0.4) is 0 Å². The number of anilines is 2. The van der Waals surface area contributed by atoms with E-state index in [2.05, 4.69) is 21.3 Å². The molecule has 0 aliphatic carbocycles. The first-order valence-corrected chi connectivity index (χ1v) is 23.0. The van der Waals surface area contributed by atoms with Crippen LogP contribution in [0.4, 0.5) is 11.4 Å². The van der Waals surface area contributed by atoms with Gasteiger partial charge in [-0.05, 0) is 63.1 Å². The van der Waals surface area contributed by atoms with Gasteiger partial charge in [-0.1, -0.05) is 26.0 Å². The van der Waals surface area contributed by atoms with E-state index in [1.54, 1.807) is 24.3 Å². The quantitative estimate of drug-likeness (QED) is 0.121. The number of carbonyl (C=O) groups is 8. The van der Waals surface area contributed by atoms with Gasteiger partial charge in [0.25, 0.3) is 0 Å². The van der Waals surface area contributed by atoms with Crippen LogP contribution in [0.2, 0.25) is 0 Å². The normalized spacial score (nSPS) is 29.5. The van der Waals surface area contributed by atoms with E-state index in [1.807, 2.05) is 13.8 Å². The second-order valence-corrected chi connectivity index (χ2v) is 19.9. The molecule has 0 radical (unpaired) electrons. The van der Waals surface area contributed by atoms with Crippen molar-refractivity contribution in [3.63, 3.8) is 0 Å². The largest absolute Gasteiger partial charge is 0.478 e. The molecule has 2 aromatic carbocycles. The van der Waals surface area contributed by atoms with Crippen LogP contribution < -0.4 is 21.3 Å². The second-order valence-electron chi connectivity index (χ2n) is 17.2. The van der Waals surface area contributed by atoms with Crippen molar-refractivity contribution < 1.29 is 69.0 Å². The Bertz CT molecular complexity index is 2280. The molecule has 22 heteroatoms. The van der Waals surface area contributed by atoms with Crippen LogP contribution in [-0.4, -0.2) is 148 Å². The summed E-state index contributed by atoms with van der Waals surface area (Å²) in [5.41, 5.74) is 0.836. The van der Waals surface area contributed by atoms with Crippen LogP contribution in [0.1, 0.15) is 61.3 Å². The predicted octanol–water partition coefficient (Wildman–Crippen LogP) is 1.88. The van der Waals surface area contributed by atoms with Gasteiger partial charge < -0.3 is 61.7 Å². The number of hydrogen-bond donors (Lipinski definition) is 10. The van der Waals surface area contributed by atoms with Gasteiger partial charge in [-0.15, -0.1) is 23.5 Å². The van der Waals surface area contributed by atoms with Crippen LogP contribution in [0.25, 0.3) is 0 Å². The fourth-order valence-electron chi connectivity index (χ4n) is 9.62. The van der Waals surface area contributed by atoms with Gasteiger partial charge in [0, 0.05) is 56.6 Å². The number of aliphatic hydroxyl groups excluding tert-OH is 2. The van der Waals surface area contributed by atoms with Gasteiger partial charge in [-0.2, -0.15) is 0 Å². The minimum atomic E-state index is -1.18. The van der Waals surface area contributed by atoms with E-state index >= 15 is 0 Å². The Morgan fingerprint density at radius 3 is 1.30 bits per heavy atom. The van der Waals surface area contributed by atoms with Crippen molar-refractivity contribution in [1.29, 1.82) is 0 Å². The van der Waals surface area contributed by atoms with Gasteiger partial charge in [0.2, 0.25) is 23.6 Å². The number of thioether (sulfide) groups is 2. The van der Waals surface area contributed by atoms with Gasteiger partial charge in [0.1, 0.15) is 11.4 Å². The molecule has 6 heterocycles. The monoisotopic (exact) mass is 950 g/mol. The topological polar surface area (TPSA) is 313 Å². The lowest BCUT2D eigenvalue weighted by atomic mass is 9.79. The number of nitrogens with zero attached hydrogens (tertiary/aromatic N) is 2. The number of carbonyl (C=O) groups excluding carboxylic acids is 4. The average molecular weight is 951 g/mol. The molecule has 0 saturated carbocycles. The third-order valence-electron chi connectivity index (χ3n) is 12.8. The number of carboxylic acid groups (broad SMARTS) is 4. The van der Waals surface area contributed by atoms with Crippen LogP contribution in [0.15, 0.2) is 69.7 Å². The zero-order valence-corrected chi connectivity index (χ0v) is 37.7. The van der Waals surface area contributed by atoms with E-state index in [-0.39, 0.29) is 80.6 Å². The second kappa shape index (κ2) is 19.2. The van der Waals surface area contributed by atoms with Crippen molar-refractivity contribution in [2.24, 2.45) is 23.7 Å². The summed E-state index contributed by atoms with van der Waals surface area (Å²) in [6.45, 7) is 7.74. The Morgan fingerprint density at radius 1 is 0.621 bits per heavy atom. The van der Waals surface area contributed by atoms with Crippen molar-refractivity contribution in [2.45, 2.75) is 87.4 Å². The standard InChI is InChI=1S/2C22H25N3O7S/c2*1-9-16-15(10(2)26)20(28)25(16)17(22(31)32)18(9)33-13-7-14(23-8-13)19(27)24-12-5-3-4-11(6-12)21(29)30/h2*3-6,9-10,13-16,23,26H,7-8H2,1-2H3,(H,24,27)(H,29,30)(H,31,32)/t2*9-,10-,13+,14+,15-,16-/m11/s1. The summed E-state index contributed by atoms with van der Waals surface area (Å²) in [7, 11) is 0. The zero-order valence-electron chi connectivity index (χ0n) is 36.0. The van der Waals surface area contributed by atoms with Crippen molar-refractivity contribution in [1.82, 2.24) is 20.4 Å². The fraction of sp³-hybridized carbons (Fsp3) is 0.455. The molecule has 8 rings (SSSR count). The van der Waals surface area contributed by atoms with Crippen molar-refractivity contribution in [3.05, 3.63) is 80.9 Å². The highest BCUT2D eigenvalue weighted by Gasteiger charge is 2.61. The SMILES string of the molecule is C[C@@H](O)[C@H]1C(=O)N2C(C(=O)O)=C(S[C@@H]3CN[C@H](C(=O)Nc4cccc(C(=O)O)c4)C3)[C@H](C)[C@H]12.C[C@@H](O)[C@H]1C(=O)N2C(C(=O)O)=C(S[C@@H]3CN[C@H](C(=O)Nc4cccc(C(=O)O)c4)C3)[C@H](C)[C@H]12. The number of aromatic carboxylic acids is 2. The number of nitrogens with one attached hydrogen (secondary N) is 4. The zero-order chi connectivity index (χ0) is 48.0. The lowest BCUT2D eigenvalue weighted by molar-refractivity contribution is -0.163. The van der Waals surface area contributed by atoms with E-state index in [0.717, 1.165) is 0 Å². The molecule has 6 aliphatic heterocycles. The highest BCUT2D eigenvalue weighted by molar-refractivity contribution is 8.04. The van der Waals surface area contributed by atoms with Gasteiger partial charge in [-0.25, -0.2) is 19.2 Å². The van der Waals surface area contributed by atoms with Gasteiger partial charge in [-0.3, -0.25) is 19.2 Å². The summed E-state index contributed by atoms with van der Waals surface area (Å²) >= 11 is 2.72. The highest BCUT2D eigenvalue weighted by atomic mass is 32.2. The minimum absolute atomic E-state index is 0.0298. The van der Waals surface area contributed by atoms with Crippen molar-refractivity contribution in [3.8, 4) is 0 Å². The molecule has 6 aliphatic rings. The summed E-state index contributed by atoms with van der Waals surface area (Å²) in [5.74, 6) is -7.59. The first-order valence-electron chi connectivity index (χ1n) is 21.3. The van der Waals surface area contributed by atoms with Crippen molar-refractivity contribution >= 4 is 82.4 Å². The molecule has 20 nitrogen and oxygen atoms in total. The minimum Gasteiger partial charge on any atom is -0.478 e. The number of amides is 4. The fourth-order valence-corrected chi connectivity index (χ4v) is 12.6. The first kappa shape index (κ1) is 48.2. The number of rotatable bonds is 14. The van der Waals surface area contributed by atoms with E-state index < -0.39 is 60.0 Å². The summed E-state index contributed by atoms with van der Waals surface area (Å²) < 4.78 is 0. The molecule has 2 aromatic rings. The Labute approximate surface area is 386 Å². The number of fused-ring (bicyclic) bond motifs is 2. The number of β-lactam (4-membered cyclic amide) rings is 2. The summed E-state index contributed by atoms with van der Waals surface area (Å²) in [4.78, 5) is 100. The highest BCUT2D eigenvalue weighted by Crippen LogP contribution is 2.53. The van der Waals surface area contributed by atoms with Crippen molar-refractivity contribution in [2.75, 3.05) is 23.7 Å². The predicted molar refractivity (Wildman–Crippen MR) is 239 cm³/mol. The number of aliphatic hydroxyl groups is 2.